The van der Waals surface area contributed by atoms with Crippen LogP contribution >= 0.6 is 0 Å². The van der Waals surface area contributed by atoms with Gasteiger partial charge in [0, 0.05) is 26.6 Å². The van der Waals surface area contributed by atoms with Gasteiger partial charge in [-0.25, -0.2) is 24.7 Å². The monoisotopic (exact) mass is 465 g/mol. The van der Waals surface area contributed by atoms with Gasteiger partial charge in [-0.3, -0.25) is 14.8 Å². The minimum atomic E-state index is -0.812. The van der Waals surface area contributed by atoms with Gasteiger partial charge in [0.1, 0.15) is 12.0 Å². The first-order valence-electron chi connectivity index (χ1n) is 11.1. The zero-order valence-electron chi connectivity index (χ0n) is 19.4. The predicted molar refractivity (Wildman–Crippen MR) is 124 cm³/mol. The molecule has 0 radical (unpaired) electrons. The standard InChI is InChI=1S/C22H27N9O3/c1-4-5-8-30(2)21(32)18-17(12-26-31(18)3)29-22(33)34-20-19(27-15-9-23-13-24-10-15)25-11-16(28-20)14-6-7-14/h9-14H,4-8H2,1-3H3,(H,25,27)(H,29,33). The highest BCUT2D eigenvalue weighted by Crippen LogP contribution is 2.40. The molecule has 1 saturated carbocycles. The summed E-state index contributed by atoms with van der Waals surface area (Å²) in [6.07, 6.45) is 10.7. The van der Waals surface area contributed by atoms with Gasteiger partial charge in [0.2, 0.25) is 0 Å². The van der Waals surface area contributed by atoms with E-state index in [1.165, 1.54) is 17.2 Å². The van der Waals surface area contributed by atoms with Gasteiger partial charge < -0.3 is 15.0 Å². The van der Waals surface area contributed by atoms with Crippen LogP contribution in [0.4, 0.5) is 22.0 Å². The molecular weight excluding hydrogens is 438 g/mol. The molecule has 0 spiro atoms. The molecule has 0 aromatic carbocycles. The molecule has 4 rings (SSSR count). The maximum atomic E-state index is 12.9. The highest BCUT2D eigenvalue weighted by molar-refractivity contribution is 6.01. The molecule has 12 nitrogen and oxygen atoms in total. The summed E-state index contributed by atoms with van der Waals surface area (Å²) in [5, 5.41) is 9.75. The Morgan fingerprint density at radius 3 is 2.68 bits per heavy atom. The molecule has 3 aromatic heterocycles. The van der Waals surface area contributed by atoms with Crippen LogP contribution in [0, 0.1) is 0 Å². The Balaban J connectivity index is 1.52. The lowest BCUT2D eigenvalue weighted by Crippen LogP contribution is -2.30. The molecule has 3 aromatic rings. The van der Waals surface area contributed by atoms with Crippen LogP contribution in [0.1, 0.15) is 54.7 Å². The molecule has 178 valence electrons. The smallest absolute Gasteiger partial charge is 0.387 e. The quantitative estimate of drug-likeness (QED) is 0.488. The number of nitrogens with zero attached hydrogens (tertiary/aromatic N) is 7. The fraction of sp³-hybridized carbons (Fsp3) is 0.409. The molecule has 1 fully saturated rings. The second-order valence-corrected chi connectivity index (χ2v) is 8.10. The van der Waals surface area contributed by atoms with Crippen LogP contribution in [-0.2, 0) is 7.05 Å². The van der Waals surface area contributed by atoms with Crippen molar-refractivity contribution in [3.05, 3.63) is 42.5 Å². The number of carbonyl (C=O) groups is 2. The summed E-state index contributed by atoms with van der Waals surface area (Å²) in [6, 6.07) is 0. The number of nitrogens with one attached hydrogen (secondary N) is 2. The van der Waals surface area contributed by atoms with E-state index in [9.17, 15) is 9.59 Å². The number of carbonyl (C=O) groups excluding carboxylic acids is 2. The van der Waals surface area contributed by atoms with Gasteiger partial charge in [-0.1, -0.05) is 13.3 Å². The van der Waals surface area contributed by atoms with Crippen molar-refractivity contribution in [2.45, 2.75) is 38.5 Å². The van der Waals surface area contributed by atoms with E-state index >= 15 is 0 Å². The van der Waals surface area contributed by atoms with Crippen molar-refractivity contribution in [1.82, 2.24) is 34.6 Å². The predicted octanol–water partition coefficient (Wildman–Crippen LogP) is 3.10. The molecule has 3 heterocycles. The molecule has 12 heteroatoms. The molecule has 0 saturated heterocycles. The van der Waals surface area contributed by atoms with Gasteiger partial charge in [0.15, 0.2) is 5.82 Å². The Morgan fingerprint density at radius 1 is 1.21 bits per heavy atom. The van der Waals surface area contributed by atoms with Crippen LogP contribution in [0.2, 0.25) is 0 Å². The lowest BCUT2D eigenvalue weighted by atomic mass is 10.3. The number of amides is 2. The van der Waals surface area contributed by atoms with Crippen molar-refractivity contribution in [3.63, 3.8) is 0 Å². The minimum Gasteiger partial charge on any atom is -0.387 e. The van der Waals surface area contributed by atoms with Crippen LogP contribution < -0.4 is 15.4 Å². The number of anilines is 3. The fourth-order valence-electron chi connectivity index (χ4n) is 3.30. The summed E-state index contributed by atoms with van der Waals surface area (Å²) in [5.41, 5.74) is 1.83. The largest absolute Gasteiger partial charge is 0.418 e. The number of ether oxygens (including phenoxy) is 1. The lowest BCUT2D eigenvalue weighted by Gasteiger charge is -2.18. The molecule has 34 heavy (non-hydrogen) atoms. The van der Waals surface area contributed by atoms with Gasteiger partial charge in [0.05, 0.1) is 41.9 Å². The first-order chi connectivity index (χ1) is 16.5. The Kier molecular flexibility index (Phi) is 6.95. The first kappa shape index (κ1) is 23.1. The molecule has 2 N–H and O–H groups in total. The zero-order valence-corrected chi connectivity index (χ0v) is 19.4. The summed E-state index contributed by atoms with van der Waals surface area (Å²) in [6.45, 7) is 2.66. The summed E-state index contributed by atoms with van der Waals surface area (Å²) >= 11 is 0. The number of hydrogen-bond acceptors (Lipinski definition) is 9. The van der Waals surface area contributed by atoms with Gasteiger partial charge in [-0.15, -0.1) is 0 Å². The van der Waals surface area contributed by atoms with Crippen molar-refractivity contribution in [3.8, 4) is 5.88 Å². The van der Waals surface area contributed by atoms with E-state index in [0.29, 0.717) is 18.2 Å². The van der Waals surface area contributed by atoms with Crippen molar-refractivity contribution >= 4 is 29.2 Å². The summed E-state index contributed by atoms with van der Waals surface area (Å²) in [7, 11) is 3.36. The van der Waals surface area contributed by atoms with Crippen molar-refractivity contribution in [2.75, 3.05) is 24.2 Å². The van der Waals surface area contributed by atoms with Crippen molar-refractivity contribution in [2.24, 2.45) is 7.05 Å². The average Bonchev–Trinajstić information content (AvgIpc) is 3.62. The third-order valence-electron chi connectivity index (χ3n) is 5.34. The SMILES string of the molecule is CCCCN(C)C(=O)c1c(NC(=O)Oc2nc(C3CC3)cnc2Nc2cncnc2)cnn1C. The zero-order chi connectivity index (χ0) is 24.1. The molecule has 2 amide bonds. The summed E-state index contributed by atoms with van der Waals surface area (Å²) < 4.78 is 6.95. The van der Waals surface area contributed by atoms with E-state index in [-0.39, 0.29) is 29.0 Å². The van der Waals surface area contributed by atoms with E-state index < -0.39 is 6.09 Å². The van der Waals surface area contributed by atoms with Crippen molar-refractivity contribution < 1.29 is 14.3 Å². The van der Waals surface area contributed by atoms with Crippen LogP contribution in [0.3, 0.4) is 0 Å². The van der Waals surface area contributed by atoms with E-state index in [4.69, 9.17) is 4.74 Å². The topological polar surface area (TPSA) is 140 Å². The minimum absolute atomic E-state index is 0.0163. The molecule has 0 unspecified atom stereocenters. The summed E-state index contributed by atoms with van der Waals surface area (Å²) in [5.74, 6) is 0.331. The molecule has 0 atom stereocenters. The van der Waals surface area contributed by atoms with E-state index in [1.807, 2.05) is 0 Å². The van der Waals surface area contributed by atoms with Gasteiger partial charge >= 0.3 is 6.09 Å². The van der Waals surface area contributed by atoms with E-state index in [2.05, 4.69) is 42.6 Å². The maximum absolute atomic E-state index is 12.9. The van der Waals surface area contributed by atoms with Crippen LogP contribution in [-0.4, -0.2) is 60.2 Å². The van der Waals surface area contributed by atoms with Crippen LogP contribution in [0.5, 0.6) is 5.88 Å². The highest BCUT2D eigenvalue weighted by Gasteiger charge is 2.28. The second-order valence-electron chi connectivity index (χ2n) is 8.10. The fourth-order valence-corrected chi connectivity index (χ4v) is 3.30. The van der Waals surface area contributed by atoms with Gasteiger partial charge in [-0.2, -0.15) is 5.10 Å². The second kappa shape index (κ2) is 10.2. The van der Waals surface area contributed by atoms with E-state index in [0.717, 1.165) is 31.4 Å². The maximum Gasteiger partial charge on any atom is 0.418 e. The Hall–Kier alpha value is -4.09. The number of hydrogen-bond donors (Lipinski definition) is 2. The Morgan fingerprint density at radius 2 is 1.97 bits per heavy atom. The van der Waals surface area contributed by atoms with Gasteiger partial charge in [0.25, 0.3) is 11.8 Å². The number of aromatic nitrogens is 6. The molecule has 0 aliphatic heterocycles. The third kappa shape index (κ3) is 5.45. The molecule has 1 aliphatic carbocycles. The van der Waals surface area contributed by atoms with Crippen molar-refractivity contribution in [1.29, 1.82) is 0 Å². The van der Waals surface area contributed by atoms with Crippen LogP contribution in [0.15, 0.2) is 31.1 Å². The molecule has 1 aliphatic rings. The summed E-state index contributed by atoms with van der Waals surface area (Å²) in [4.78, 5) is 44.1. The van der Waals surface area contributed by atoms with E-state index in [1.54, 1.807) is 37.6 Å². The molecule has 0 bridgehead atoms. The number of aryl methyl sites for hydroxylation is 1. The normalized spacial score (nSPS) is 12.8. The molecular formula is C22H27N9O3. The Bertz CT molecular complexity index is 1160. The Labute approximate surface area is 196 Å². The van der Waals surface area contributed by atoms with Gasteiger partial charge in [-0.05, 0) is 19.3 Å². The average molecular weight is 466 g/mol. The third-order valence-corrected chi connectivity index (χ3v) is 5.34. The highest BCUT2D eigenvalue weighted by atomic mass is 16.6. The number of rotatable bonds is 9. The lowest BCUT2D eigenvalue weighted by molar-refractivity contribution is 0.0783. The van der Waals surface area contributed by atoms with Crippen LogP contribution in [0.25, 0.3) is 0 Å². The first-order valence-corrected chi connectivity index (χ1v) is 11.1. The number of unbranched alkanes of at least 4 members (excludes halogenated alkanes) is 1.